The van der Waals surface area contributed by atoms with Gasteiger partial charge in [0.2, 0.25) is 5.91 Å². The van der Waals surface area contributed by atoms with Crippen LogP contribution in [0.15, 0.2) is 24.3 Å². The second-order valence-corrected chi connectivity index (χ2v) is 3.99. The van der Waals surface area contributed by atoms with Crippen LogP contribution >= 0.6 is 0 Å². The van der Waals surface area contributed by atoms with Crippen LogP contribution < -0.4 is 5.32 Å². The Kier molecular flexibility index (Phi) is 4.94. The first-order valence-corrected chi connectivity index (χ1v) is 5.55. The molecule has 0 saturated heterocycles. The summed E-state index contributed by atoms with van der Waals surface area (Å²) in [6, 6.07) is 7.06. The van der Waals surface area contributed by atoms with Crippen molar-refractivity contribution in [2.45, 2.75) is 6.92 Å². The maximum absolute atomic E-state index is 11.6. The lowest BCUT2D eigenvalue weighted by atomic mass is 10.1. The zero-order chi connectivity index (χ0) is 13.5. The van der Waals surface area contributed by atoms with Crippen molar-refractivity contribution in [3.8, 4) is 11.8 Å². The van der Waals surface area contributed by atoms with E-state index in [0.717, 1.165) is 5.56 Å². The Hall–Kier alpha value is -2.28. The fraction of sp³-hybridized carbons (Fsp3) is 0.286. The molecule has 18 heavy (non-hydrogen) atoms. The van der Waals surface area contributed by atoms with Crippen molar-refractivity contribution in [2.24, 2.45) is 0 Å². The average molecular weight is 244 g/mol. The standard InChI is InChI=1S/C14H16N2O2/c1-11(17)15-10-4-5-12-6-8-13(9-7-12)14(18)16(2)3/h6-9H,10H2,1-3H3,(H,15,17). The summed E-state index contributed by atoms with van der Waals surface area (Å²) in [6.45, 7) is 1.77. The van der Waals surface area contributed by atoms with E-state index in [2.05, 4.69) is 17.2 Å². The first kappa shape index (κ1) is 13.8. The highest BCUT2D eigenvalue weighted by molar-refractivity contribution is 5.93. The summed E-state index contributed by atoms with van der Waals surface area (Å²) >= 11 is 0. The number of nitrogens with zero attached hydrogens (tertiary/aromatic N) is 1. The zero-order valence-corrected chi connectivity index (χ0v) is 10.8. The van der Waals surface area contributed by atoms with Crippen LogP contribution in [0, 0.1) is 11.8 Å². The summed E-state index contributed by atoms with van der Waals surface area (Å²) in [5.74, 6) is 5.60. The lowest BCUT2D eigenvalue weighted by Crippen LogP contribution is -2.21. The van der Waals surface area contributed by atoms with Crippen molar-refractivity contribution in [3.05, 3.63) is 35.4 Å². The van der Waals surface area contributed by atoms with Gasteiger partial charge in [-0.05, 0) is 24.3 Å². The van der Waals surface area contributed by atoms with Gasteiger partial charge in [-0.25, -0.2) is 0 Å². The number of carbonyl (C=O) groups excluding carboxylic acids is 2. The number of hydrogen-bond acceptors (Lipinski definition) is 2. The summed E-state index contributed by atoms with van der Waals surface area (Å²) in [4.78, 5) is 23.8. The zero-order valence-electron chi connectivity index (χ0n) is 10.8. The Balaban J connectivity index is 2.66. The van der Waals surface area contributed by atoms with Gasteiger partial charge >= 0.3 is 0 Å². The Labute approximate surface area is 107 Å². The van der Waals surface area contributed by atoms with Crippen LogP contribution in [0.25, 0.3) is 0 Å². The normalized spacial score (nSPS) is 9.06. The molecule has 0 unspecified atom stereocenters. The molecule has 2 amide bonds. The van der Waals surface area contributed by atoms with Crippen LogP contribution in [0.3, 0.4) is 0 Å². The third-order valence-electron chi connectivity index (χ3n) is 2.20. The van der Waals surface area contributed by atoms with Gasteiger partial charge in [-0.2, -0.15) is 0 Å². The molecule has 1 rings (SSSR count). The number of hydrogen-bond donors (Lipinski definition) is 1. The molecule has 0 heterocycles. The first-order valence-electron chi connectivity index (χ1n) is 5.55. The molecule has 0 fully saturated rings. The average Bonchev–Trinajstić information content (AvgIpc) is 2.34. The second-order valence-electron chi connectivity index (χ2n) is 3.99. The van der Waals surface area contributed by atoms with Crippen molar-refractivity contribution in [1.29, 1.82) is 0 Å². The van der Waals surface area contributed by atoms with Gasteiger partial charge in [0.15, 0.2) is 0 Å². The SMILES string of the molecule is CC(=O)NCC#Cc1ccc(C(=O)N(C)C)cc1. The third kappa shape index (κ3) is 4.30. The van der Waals surface area contributed by atoms with E-state index in [1.807, 2.05) is 0 Å². The van der Waals surface area contributed by atoms with Crippen molar-refractivity contribution < 1.29 is 9.59 Å². The number of carbonyl (C=O) groups is 2. The molecule has 0 aromatic heterocycles. The van der Waals surface area contributed by atoms with Gasteiger partial charge in [0.1, 0.15) is 0 Å². The van der Waals surface area contributed by atoms with E-state index in [4.69, 9.17) is 0 Å². The maximum atomic E-state index is 11.6. The van der Waals surface area contributed by atoms with Gasteiger partial charge in [-0.3, -0.25) is 9.59 Å². The van der Waals surface area contributed by atoms with Crippen molar-refractivity contribution in [1.82, 2.24) is 10.2 Å². The third-order valence-corrected chi connectivity index (χ3v) is 2.20. The summed E-state index contributed by atoms with van der Waals surface area (Å²) in [6.07, 6.45) is 0. The topological polar surface area (TPSA) is 49.4 Å². The summed E-state index contributed by atoms with van der Waals surface area (Å²) < 4.78 is 0. The van der Waals surface area contributed by atoms with Gasteiger partial charge < -0.3 is 10.2 Å². The quantitative estimate of drug-likeness (QED) is 0.785. The molecule has 94 valence electrons. The molecule has 0 radical (unpaired) electrons. The van der Waals surface area contributed by atoms with Crippen molar-refractivity contribution >= 4 is 11.8 Å². The van der Waals surface area contributed by atoms with Gasteiger partial charge in [-0.1, -0.05) is 11.8 Å². The van der Waals surface area contributed by atoms with E-state index in [0.29, 0.717) is 12.1 Å². The number of benzene rings is 1. The Morgan fingerprint density at radius 1 is 1.22 bits per heavy atom. The van der Waals surface area contributed by atoms with E-state index in [-0.39, 0.29) is 11.8 Å². The fourth-order valence-electron chi connectivity index (χ4n) is 1.27. The first-order chi connectivity index (χ1) is 8.50. The van der Waals surface area contributed by atoms with Crippen LogP contribution in [-0.2, 0) is 4.79 Å². The summed E-state index contributed by atoms with van der Waals surface area (Å²) in [5.41, 5.74) is 1.45. The van der Waals surface area contributed by atoms with Crippen LogP contribution in [-0.4, -0.2) is 37.4 Å². The van der Waals surface area contributed by atoms with E-state index < -0.39 is 0 Å². The molecule has 4 nitrogen and oxygen atoms in total. The molecule has 0 aliphatic rings. The molecule has 0 atom stereocenters. The van der Waals surface area contributed by atoms with Crippen molar-refractivity contribution in [2.75, 3.05) is 20.6 Å². The van der Waals surface area contributed by atoms with E-state index in [1.54, 1.807) is 38.4 Å². The molecule has 4 heteroatoms. The van der Waals surface area contributed by atoms with Gasteiger partial charge in [-0.15, -0.1) is 0 Å². The number of rotatable bonds is 2. The smallest absolute Gasteiger partial charge is 0.253 e. The number of amides is 2. The highest BCUT2D eigenvalue weighted by atomic mass is 16.2. The predicted octanol–water partition coefficient (Wildman–Crippen LogP) is 0.876. The molecule has 0 aliphatic heterocycles. The molecule has 0 aliphatic carbocycles. The van der Waals surface area contributed by atoms with Crippen LogP contribution in [0.2, 0.25) is 0 Å². The monoisotopic (exact) mass is 244 g/mol. The Bertz CT molecular complexity index is 493. The van der Waals surface area contributed by atoms with Crippen LogP contribution in [0.1, 0.15) is 22.8 Å². The minimum Gasteiger partial charge on any atom is -0.345 e. The number of nitrogens with one attached hydrogen (secondary N) is 1. The van der Waals surface area contributed by atoms with Gasteiger partial charge in [0.25, 0.3) is 5.91 Å². The predicted molar refractivity (Wildman–Crippen MR) is 70.0 cm³/mol. The van der Waals surface area contributed by atoms with Gasteiger partial charge in [0, 0.05) is 32.1 Å². The Morgan fingerprint density at radius 3 is 2.33 bits per heavy atom. The summed E-state index contributed by atoms with van der Waals surface area (Å²) in [5, 5.41) is 2.59. The lowest BCUT2D eigenvalue weighted by molar-refractivity contribution is -0.118. The molecule has 1 aromatic carbocycles. The molecule has 1 aromatic rings. The highest BCUT2D eigenvalue weighted by Gasteiger charge is 2.06. The lowest BCUT2D eigenvalue weighted by Gasteiger charge is -2.09. The van der Waals surface area contributed by atoms with Crippen molar-refractivity contribution in [3.63, 3.8) is 0 Å². The maximum Gasteiger partial charge on any atom is 0.253 e. The van der Waals surface area contributed by atoms with Crippen LogP contribution in [0.4, 0.5) is 0 Å². The molecule has 0 saturated carbocycles. The van der Waals surface area contributed by atoms with E-state index in [1.165, 1.54) is 11.8 Å². The Morgan fingerprint density at radius 2 is 1.83 bits per heavy atom. The molecular formula is C14H16N2O2. The van der Waals surface area contributed by atoms with Crippen LogP contribution in [0.5, 0.6) is 0 Å². The minimum absolute atomic E-state index is 0.0345. The fourth-order valence-corrected chi connectivity index (χ4v) is 1.27. The molecule has 1 N–H and O–H groups in total. The molecule has 0 bridgehead atoms. The summed E-state index contributed by atoms with van der Waals surface area (Å²) in [7, 11) is 3.42. The van der Waals surface area contributed by atoms with E-state index in [9.17, 15) is 9.59 Å². The molecular weight excluding hydrogens is 228 g/mol. The van der Waals surface area contributed by atoms with Gasteiger partial charge in [0.05, 0.1) is 6.54 Å². The largest absolute Gasteiger partial charge is 0.345 e. The molecule has 0 spiro atoms. The minimum atomic E-state index is -0.101. The second kappa shape index (κ2) is 6.45. The van der Waals surface area contributed by atoms with E-state index >= 15 is 0 Å². The highest BCUT2D eigenvalue weighted by Crippen LogP contribution is 2.05.